The van der Waals surface area contributed by atoms with Crippen molar-refractivity contribution in [3.05, 3.63) is 24.3 Å². The normalized spacial score (nSPS) is 12.4. The van der Waals surface area contributed by atoms with Gasteiger partial charge in [-0.05, 0) is 24.3 Å². The highest BCUT2D eigenvalue weighted by Gasteiger charge is 2.30. The summed E-state index contributed by atoms with van der Waals surface area (Å²) in [6.45, 7) is 2.02. The van der Waals surface area contributed by atoms with E-state index in [-0.39, 0.29) is 23.2 Å². The average Bonchev–Trinajstić information content (AvgIpc) is 2.36. The number of carbonyl (C=O) groups excluding carboxylic acids is 1. The molecule has 0 saturated carbocycles. The van der Waals surface area contributed by atoms with Crippen LogP contribution in [-0.4, -0.2) is 23.9 Å². The highest BCUT2D eigenvalue weighted by Crippen LogP contribution is 2.23. The second kappa shape index (κ2) is 7.11. The minimum absolute atomic E-state index is 0.159. The number of benzene rings is 1. The van der Waals surface area contributed by atoms with E-state index in [1.54, 1.807) is 6.92 Å². The fraction of sp³-hybridized carbons (Fsp3) is 0.333. The Kier molecular flexibility index (Phi) is 5.77. The molecule has 1 aromatic rings. The van der Waals surface area contributed by atoms with Crippen LogP contribution in [0.5, 0.6) is 5.75 Å². The van der Waals surface area contributed by atoms with Crippen LogP contribution in [-0.2, 0) is 0 Å². The summed E-state index contributed by atoms with van der Waals surface area (Å²) in [5, 5.41) is 4.99. The lowest BCUT2D eigenvalue weighted by Gasteiger charge is -2.12. The van der Waals surface area contributed by atoms with Crippen molar-refractivity contribution < 1.29 is 22.7 Å². The van der Waals surface area contributed by atoms with Gasteiger partial charge in [-0.3, -0.25) is 0 Å². The van der Waals surface area contributed by atoms with E-state index in [1.807, 2.05) is 0 Å². The molecule has 116 valence electrons. The van der Waals surface area contributed by atoms with Crippen LogP contribution in [0, 0.1) is 5.92 Å². The van der Waals surface area contributed by atoms with Crippen LogP contribution in [0.25, 0.3) is 0 Å². The third kappa shape index (κ3) is 6.80. The number of nitrogens with two attached hydrogens (primary N) is 1. The number of alkyl halides is 3. The van der Waals surface area contributed by atoms with Gasteiger partial charge in [-0.1, -0.05) is 19.1 Å². The van der Waals surface area contributed by atoms with Gasteiger partial charge in [-0.25, -0.2) is 4.79 Å². The standard InChI is InChI=1S/C12H14F3N3O2S/c1-7(10(16)21)6-17-11(19)18-8-2-4-9(5-3-8)20-12(13,14)15/h2-5,7H,6H2,1H3,(H2,16,21)(H2,17,18,19). The number of anilines is 1. The fourth-order valence-electron chi connectivity index (χ4n) is 1.26. The summed E-state index contributed by atoms with van der Waals surface area (Å²) in [6, 6.07) is 4.26. The molecule has 0 heterocycles. The number of hydrogen-bond acceptors (Lipinski definition) is 3. The molecule has 9 heteroatoms. The Balaban J connectivity index is 2.48. The number of carbonyl (C=O) groups is 1. The summed E-state index contributed by atoms with van der Waals surface area (Å²) in [7, 11) is 0. The first-order chi connectivity index (χ1) is 9.67. The molecule has 0 spiro atoms. The molecular weight excluding hydrogens is 307 g/mol. The molecule has 0 radical (unpaired) electrons. The van der Waals surface area contributed by atoms with Crippen molar-refractivity contribution in [2.24, 2.45) is 11.7 Å². The topological polar surface area (TPSA) is 76.4 Å². The molecule has 1 atom stereocenters. The van der Waals surface area contributed by atoms with Crippen molar-refractivity contribution in [3.8, 4) is 5.75 Å². The Bertz CT molecular complexity index is 505. The molecule has 4 N–H and O–H groups in total. The predicted octanol–water partition coefficient (Wildman–Crippen LogP) is 2.63. The molecule has 0 aliphatic heterocycles. The average molecular weight is 321 g/mol. The van der Waals surface area contributed by atoms with Gasteiger partial charge in [0, 0.05) is 18.2 Å². The van der Waals surface area contributed by atoms with Gasteiger partial charge in [0.2, 0.25) is 0 Å². The van der Waals surface area contributed by atoms with Crippen LogP contribution < -0.4 is 21.1 Å². The summed E-state index contributed by atoms with van der Waals surface area (Å²) < 4.78 is 39.6. The molecule has 0 aliphatic rings. The largest absolute Gasteiger partial charge is 0.573 e. The van der Waals surface area contributed by atoms with E-state index in [9.17, 15) is 18.0 Å². The van der Waals surface area contributed by atoms with Gasteiger partial charge in [0.15, 0.2) is 0 Å². The van der Waals surface area contributed by atoms with Crippen molar-refractivity contribution in [2.45, 2.75) is 13.3 Å². The van der Waals surface area contributed by atoms with E-state index in [4.69, 9.17) is 18.0 Å². The van der Waals surface area contributed by atoms with Gasteiger partial charge in [-0.15, -0.1) is 13.2 Å². The van der Waals surface area contributed by atoms with Crippen molar-refractivity contribution >= 4 is 28.9 Å². The lowest BCUT2D eigenvalue weighted by molar-refractivity contribution is -0.274. The van der Waals surface area contributed by atoms with Crippen LogP contribution in [0.1, 0.15) is 6.92 Å². The monoisotopic (exact) mass is 321 g/mol. The number of hydrogen-bond donors (Lipinski definition) is 3. The lowest BCUT2D eigenvalue weighted by atomic mass is 10.2. The highest BCUT2D eigenvalue weighted by atomic mass is 32.1. The zero-order valence-electron chi connectivity index (χ0n) is 11.0. The molecule has 1 aromatic carbocycles. The second-order valence-electron chi connectivity index (χ2n) is 4.21. The Morgan fingerprint density at radius 1 is 1.38 bits per heavy atom. The summed E-state index contributed by atoms with van der Waals surface area (Å²) in [4.78, 5) is 11.8. The van der Waals surface area contributed by atoms with Gasteiger partial charge in [0.25, 0.3) is 0 Å². The molecule has 21 heavy (non-hydrogen) atoms. The summed E-state index contributed by atoms with van der Waals surface area (Å²) in [6.07, 6.45) is -4.75. The number of thiocarbonyl (C=S) groups is 1. The maximum Gasteiger partial charge on any atom is 0.573 e. The fourth-order valence-corrected chi connectivity index (χ4v) is 1.34. The van der Waals surface area contributed by atoms with Crippen molar-refractivity contribution in [1.29, 1.82) is 0 Å². The lowest BCUT2D eigenvalue weighted by Crippen LogP contribution is -2.36. The maximum absolute atomic E-state index is 12.0. The third-order valence-corrected chi connectivity index (χ3v) is 2.80. The number of halogens is 3. The Hall–Kier alpha value is -2.03. The number of nitrogens with one attached hydrogen (secondary N) is 2. The predicted molar refractivity (Wildman–Crippen MR) is 76.1 cm³/mol. The first kappa shape index (κ1) is 17.0. The van der Waals surface area contributed by atoms with Gasteiger partial charge in [-0.2, -0.15) is 0 Å². The van der Waals surface area contributed by atoms with Gasteiger partial charge < -0.3 is 21.1 Å². The van der Waals surface area contributed by atoms with Crippen LogP contribution in [0.4, 0.5) is 23.7 Å². The van der Waals surface area contributed by atoms with Crippen LogP contribution in [0.15, 0.2) is 24.3 Å². The van der Waals surface area contributed by atoms with Crippen molar-refractivity contribution in [1.82, 2.24) is 5.32 Å². The quantitative estimate of drug-likeness (QED) is 0.729. The van der Waals surface area contributed by atoms with Crippen LogP contribution >= 0.6 is 12.2 Å². The summed E-state index contributed by atoms with van der Waals surface area (Å²) in [5.41, 5.74) is 5.72. The number of urea groups is 1. The molecular formula is C12H14F3N3O2S. The van der Waals surface area contributed by atoms with Crippen LogP contribution in [0.2, 0.25) is 0 Å². The number of ether oxygens (including phenoxy) is 1. The van der Waals surface area contributed by atoms with Crippen molar-refractivity contribution in [2.75, 3.05) is 11.9 Å². The highest BCUT2D eigenvalue weighted by molar-refractivity contribution is 7.80. The molecule has 0 aliphatic carbocycles. The van der Waals surface area contributed by atoms with Crippen LogP contribution in [0.3, 0.4) is 0 Å². The molecule has 1 unspecified atom stereocenters. The minimum Gasteiger partial charge on any atom is -0.406 e. The van der Waals surface area contributed by atoms with E-state index in [1.165, 1.54) is 12.1 Å². The van der Waals surface area contributed by atoms with Gasteiger partial charge >= 0.3 is 12.4 Å². The SMILES string of the molecule is CC(CNC(=O)Nc1ccc(OC(F)(F)F)cc1)C(N)=S. The zero-order valence-corrected chi connectivity index (χ0v) is 11.8. The Morgan fingerprint density at radius 3 is 2.43 bits per heavy atom. The first-order valence-electron chi connectivity index (χ1n) is 5.87. The molecule has 0 aromatic heterocycles. The van der Waals surface area contributed by atoms with E-state index in [2.05, 4.69) is 15.4 Å². The minimum atomic E-state index is -4.75. The van der Waals surface area contributed by atoms with Crippen molar-refractivity contribution in [3.63, 3.8) is 0 Å². The Morgan fingerprint density at radius 2 is 1.95 bits per heavy atom. The molecule has 2 amide bonds. The number of rotatable bonds is 5. The molecule has 0 saturated heterocycles. The number of amides is 2. The first-order valence-corrected chi connectivity index (χ1v) is 6.28. The van der Waals surface area contributed by atoms with E-state index in [0.29, 0.717) is 5.69 Å². The zero-order chi connectivity index (χ0) is 16.0. The molecule has 1 rings (SSSR count). The van der Waals surface area contributed by atoms with Gasteiger partial charge in [0.05, 0.1) is 4.99 Å². The van der Waals surface area contributed by atoms with E-state index >= 15 is 0 Å². The van der Waals surface area contributed by atoms with Gasteiger partial charge in [0.1, 0.15) is 5.75 Å². The molecule has 0 bridgehead atoms. The summed E-state index contributed by atoms with van der Waals surface area (Å²) in [5.74, 6) is -0.524. The molecule has 5 nitrogen and oxygen atoms in total. The smallest absolute Gasteiger partial charge is 0.406 e. The van der Waals surface area contributed by atoms with E-state index < -0.39 is 12.4 Å². The molecule has 0 fully saturated rings. The Labute approximate surface area is 124 Å². The van der Waals surface area contributed by atoms with E-state index in [0.717, 1.165) is 12.1 Å². The third-order valence-electron chi connectivity index (χ3n) is 2.40. The summed E-state index contributed by atoms with van der Waals surface area (Å²) >= 11 is 4.76. The second-order valence-corrected chi connectivity index (χ2v) is 4.68. The maximum atomic E-state index is 12.0.